The van der Waals surface area contributed by atoms with E-state index in [1.54, 1.807) is 4.90 Å². The summed E-state index contributed by atoms with van der Waals surface area (Å²) in [6.45, 7) is 3.79. The first kappa shape index (κ1) is 19.2. The standard InChI is InChI=1S/C19H29N3O3/c1-4-5-12-21(2)16-9-7-15(8-10-16)17(23)22-13-6-11-19(22,14-25-3)18(20)24/h7-10H,4-6,11-14H2,1-3H3,(H2,20,24). The molecule has 1 aromatic carbocycles. The molecule has 0 aromatic heterocycles. The number of nitrogens with two attached hydrogens (primary N) is 1. The number of nitrogens with zero attached hydrogens (tertiary/aromatic N) is 2. The molecule has 2 rings (SSSR count). The van der Waals surface area contributed by atoms with Crippen molar-refractivity contribution in [1.82, 2.24) is 4.90 Å². The maximum absolute atomic E-state index is 12.9. The van der Waals surface area contributed by atoms with Gasteiger partial charge in [0, 0.05) is 38.5 Å². The van der Waals surface area contributed by atoms with Crippen molar-refractivity contribution in [2.75, 3.05) is 38.8 Å². The van der Waals surface area contributed by atoms with Crippen LogP contribution in [-0.4, -0.2) is 56.1 Å². The van der Waals surface area contributed by atoms with Gasteiger partial charge in [0.15, 0.2) is 0 Å². The van der Waals surface area contributed by atoms with Crippen LogP contribution in [-0.2, 0) is 9.53 Å². The first-order valence-corrected chi connectivity index (χ1v) is 8.88. The second-order valence-corrected chi connectivity index (χ2v) is 6.71. The third kappa shape index (κ3) is 3.95. The number of amides is 2. The van der Waals surface area contributed by atoms with Gasteiger partial charge in [0.2, 0.25) is 5.91 Å². The quantitative estimate of drug-likeness (QED) is 0.781. The topological polar surface area (TPSA) is 75.9 Å². The number of ether oxygens (including phenoxy) is 1. The first-order valence-electron chi connectivity index (χ1n) is 8.88. The highest BCUT2D eigenvalue weighted by Gasteiger charge is 2.48. The van der Waals surface area contributed by atoms with E-state index in [1.807, 2.05) is 31.3 Å². The molecule has 6 heteroatoms. The van der Waals surface area contributed by atoms with Gasteiger partial charge < -0.3 is 20.3 Å². The molecule has 1 heterocycles. The fourth-order valence-corrected chi connectivity index (χ4v) is 3.43. The van der Waals surface area contributed by atoms with Crippen LogP contribution in [0.4, 0.5) is 5.69 Å². The number of carbonyl (C=O) groups excluding carboxylic acids is 2. The molecule has 1 aromatic rings. The van der Waals surface area contributed by atoms with Gasteiger partial charge in [-0.25, -0.2) is 0 Å². The average molecular weight is 347 g/mol. The minimum absolute atomic E-state index is 0.131. The average Bonchev–Trinajstić information content (AvgIpc) is 3.04. The second-order valence-electron chi connectivity index (χ2n) is 6.71. The van der Waals surface area contributed by atoms with Crippen LogP contribution in [0.5, 0.6) is 0 Å². The Bertz CT molecular complexity index is 602. The van der Waals surface area contributed by atoms with Crippen molar-refractivity contribution in [2.24, 2.45) is 5.73 Å². The van der Waals surface area contributed by atoms with Gasteiger partial charge in [0.25, 0.3) is 5.91 Å². The Morgan fingerprint density at radius 1 is 1.32 bits per heavy atom. The first-order chi connectivity index (χ1) is 12.0. The molecule has 1 aliphatic rings. The lowest BCUT2D eigenvalue weighted by Gasteiger charge is -2.35. The Hall–Kier alpha value is -2.08. The summed E-state index contributed by atoms with van der Waals surface area (Å²) in [7, 11) is 3.57. The van der Waals surface area contributed by atoms with Gasteiger partial charge in [-0.2, -0.15) is 0 Å². The largest absolute Gasteiger partial charge is 0.382 e. The number of anilines is 1. The van der Waals surface area contributed by atoms with Gasteiger partial charge in [0.05, 0.1) is 6.61 Å². The van der Waals surface area contributed by atoms with Crippen molar-refractivity contribution < 1.29 is 14.3 Å². The molecular weight excluding hydrogens is 318 g/mol. The van der Waals surface area contributed by atoms with Crippen LogP contribution in [0.2, 0.25) is 0 Å². The molecule has 0 bridgehead atoms. The van der Waals surface area contributed by atoms with Crippen LogP contribution in [0.1, 0.15) is 43.0 Å². The molecule has 25 heavy (non-hydrogen) atoms. The number of rotatable bonds is 8. The van der Waals surface area contributed by atoms with Crippen molar-refractivity contribution in [3.8, 4) is 0 Å². The van der Waals surface area contributed by atoms with E-state index in [4.69, 9.17) is 10.5 Å². The van der Waals surface area contributed by atoms with E-state index in [0.717, 1.165) is 31.5 Å². The smallest absolute Gasteiger partial charge is 0.254 e. The molecule has 6 nitrogen and oxygen atoms in total. The molecule has 0 spiro atoms. The molecular formula is C19H29N3O3. The Morgan fingerprint density at radius 2 is 2.00 bits per heavy atom. The molecule has 1 aliphatic heterocycles. The number of unbranched alkanes of at least 4 members (excludes halogenated alkanes) is 1. The third-order valence-corrected chi connectivity index (χ3v) is 4.98. The molecule has 2 amide bonds. The van der Waals surface area contributed by atoms with Crippen molar-refractivity contribution in [1.29, 1.82) is 0 Å². The van der Waals surface area contributed by atoms with Gasteiger partial charge in [-0.1, -0.05) is 13.3 Å². The monoisotopic (exact) mass is 347 g/mol. The fraction of sp³-hybridized carbons (Fsp3) is 0.579. The number of hydrogen-bond donors (Lipinski definition) is 1. The van der Waals surface area contributed by atoms with E-state index in [0.29, 0.717) is 18.5 Å². The van der Waals surface area contributed by atoms with Crippen LogP contribution in [0, 0.1) is 0 Å². The molecule has 0 radical (unpaired) electrons. The summed E-state index contributed by atoms with van der Waals surface area (Å²) >= 11 is 0. The highest BCUT2D eigenvalue weighted by atomic mass is 16.5. The Morgan fingerprint density at radius 3 is 2.56 bits per heavy atom. The van der Waals surface area contributed by atoms with Gasteiger partial charge in [-0.15, -0.1) is 0 Å². The summed E-state index contributed by atoms with van der Waals surface area (Å²) < 4.78 is 5.19. The minimum atomic E-state index is -1.04. The van der Waals surface area contributed by atoms with E-state index in [1.165, 1.54) is 7.11 Å². The lowest BCUT2D eigenvalue weighted by Crippen LogP contribution is -2.58. The molecule has 2 N–H and O–H groups in total. The zero-order valence-electron chi connectivity index (χ0n) is 15.5. The maximum Gasteiger partial charge on any atom is 0.254 e. The molecule has 1 atom stereocenters. The van der Waals surface area contributed by atoms with Crippen molar-refractivity contribution >= 4 is 17.5 Å². The van der Waals surface area contributed by atoms with Gasteiger partial charge in [0.1, 0.15) is 5.54 Å². The summed E-state index contributed by atoms with van der Waals surface area (Å²) in [5, 5.41) is 0. The lowest BCUT2D eigenvalue weighted by molar-refractivity contribution is -0.130. The van der Waals surface area contributed by atoms with Crippen molar-refractivity contribution in [2.45, 2.75) is 38.1 Å². The van der Waals surface area contributed by atoms with Crippen LogP contribution in [0.25, 0.3) is 0 Å². The maximum atomic E-state index is 12.9. The summed E-state index contributed by atoms with van der Waals surface area (Å²) in [6, 6.07) is 7.52. The normalized spacial score (nSPS) is 19.9. The zero-order valence-corrected chi connectivity index (χ0v) is 15.5. The van der Waals surface area contributed by atoms with Crippen LogP contribution in [0.15, 0.2) is 24.3 Å². The summed E-state index contributed by atoms with van der Waals surface area (Å²) in [5.41, 5.74) is 6.22. The predicted octanol–water partition coefficient (Wildman–Crippen LogP) is 2.03. The van der Waals surface area contributed by atoms with Crippen molar-refractivity contribution in [3.63, 3.8) is 0 Å². The Kier molecular flexibility index (Phi) is 6.42. The van der Waals surface area contributed by atoms with Crippen molar-refractivity contribution in [3.05, 3.63) is 29.8 Å². The van der Waals surface area contributed by atoms with E-state index < -0.39 is 11.4 Å². The summed E-state index contributed by atoms with van der Waals surface area (Å²) in [4.78, 5) is 28.7. The number of methoxy groups -OCH3 is 1. The fourth-order valence-electron chi connectivity index (χ4n) is 3.43. The zero-order chi connectivity index (χ0) is 18.4. The van der Waals surface area contributed by atoms with E-state index in [9.17, 15) is 9.59 Å². The molecule has 0 saturated carbocycles. The van der Waals surface area contributed by atoms with Crippen LogP contribution < -0.4 is 10.6 Å². The Labute approximate surface area is 149 Å². The Balaban J connectivity index is 2.18. The SMILES string of the molecule is CCCCN(C)c1ccc(C(=O)N2CCCC2(COC)C(N)=O)cc1. The van der Waals surface area contributed by atoms with E-state index in [-0.39, 0.29) is 12.5 Å². The number of likely N-dealkylation sites (tertiary alicyclic amines) is 1. The number of primary amides is 1. The van der Waals surface area contributed by atoms with E-state index in [2.05, 4.69) is 11.8 Å². The third-order valence-electron chi connectivity index (χ3n) is 4.98. The van der Waals surface area contributed by atoms with Crippen LogP contribution >= 0.6 is 0 Å². The molecule has 0 aliphatic carbocycles. The predicted molar refractivity (Wildman–Crippen MR) is 98.7 cm³/mol. The summed E-state index contributed by atoms with van der Waals surface area (Å²) in [6.07, 6.45) is 3.56. The molecule has 138 valence electrons. The van der Waals surface area contributed by atoms with Gasteiger partial charge >= 0.3 is 0 Å². The van der Waals surface area contributed by atoms with Gasteiger partial charge in [-0.05, 0) is 43.5 Å². The molecule has 1 fully saturated rings. The highest BCUT2D eigenvalue weighted by molar-refractivity contribution is 5.99. The number of hydrogen-bond acceptors (Lipinski definition) is 4. The number of carbonyl (C=O) groups is 2. The lowest BCUT2D eigenvalue weighted by atomic mass is 9.95. The highest BCUT2D eigenvalue weighted by Crippen LogP contribution is 2.31. The van der Waals surface area contributed by atoms with E-state index >= 15 is 0 Å². The molecule has 1 saturated heterocycles. The summed E-state index contributed by atoms with van der Waals surface area (Å²) in [5.74, 6) is -0.674. The van der Waals surface area contributed by atoms with Gasteiger partial charge in [-0.3, -0.25) is 9.59 Å². The second kappa shape index (κ2) is 8.34. The van der Waals surface area contributed by atoms with Crippen LogP contribution in [0.3, 0.4) is 0 Å². The number of benzene rings is 1. The molecule has 1 unspecified atom stereocenters. The minimum Gasteiger partial charge on any atom is -0.382 e.